The molecule has 0 unspecified atom stereocenters. The molecule has 5 atom stereocenters. The van der Waals surface area contributed by atoms with Gasteiger partial charge >= 0.3 is 14.5 Å². The summed E-state index contributed by atoms with van der Waals surface area (Å²) in [6.45, 7) is 14.4. The highest BCUT2D eigenvalue weighted by Crippen LogP contribution is 2.58. The fourth-order valence-corrected chi connectivity index (χ4v) is 10.8. The third kappa shape index (κ3) is 3.28. The molecule has 26 heavy (non-hydrogen) atoms. The number of carbonyl (C=O) groups is 2. The Balaban J connectivity index is 1.94. The van der Waals surface area contributed by atoms with Gasteiger partial charge in [0.05, 0.1) is 6.10 Å². The van der Waals surface area contributed by atoms with Gasteiger partial charge in [-0.3, -0.25) is 9.59 Å². The number of carbonyl (C=O) groups excluding carboxylic acids is 2. The molecule has 3 saturated heterocycles. The number of rotatable bonds is 3. The third-order valence-electron chi connectivity index (χ3n) is 5.26. The van der Waals surface area contributed by atoms with Crippen molar-refractivity contribution >= 4 is 32.1 Å². The van der Waals surface area contributed by atoms with Crippen LogP contribution in [0.2, 0.25) is 10.1 Å². The van der Waals surface area contributed by atoms with Gasteiger partial charge in [0.25, 0.3) is 0 Å². The van der Waals surface area contributed by atoms with Crippen LogP contribution in [0.15, 0.2) is 0 Å². The highest BCUT2D eigenvalue weighted by atomic mass is 32.2. The van der Waals surface area contributed by atoms with Crippen LogP contribution in [0.3, 0.4) is 0 Å². The second kappa shape index (κ2) is 6.58. The molecule has 0 radical (unpaired) electrons. The van der Waals surface area contributed by atoms with Crippen molar-refractivity contribution in [2.24, 2.45) is 0 Å². The lowest BCUT2D eigenvalue weighted by atomic mass is 10.0. The van der Waals surface area contributed by atoms with Crippen molar-refractivity contribution < 1.29 is 27.9 Å². The number of esters is 1. The van der Waals surface area contributed by atoms with Crippen LogP contribution in [-0.4, -0.2) is 55.9 Å². The summed E-state index contributed by atoms with van der Waals surface area (Å²) < 4.78 is 25.2. The highest BCUT2D eigenvalue weighted by molar-refractivity contribution is 8.00. The minimum Gasteiger partial charge on any atom is -0.456 e. The van der Waals surface area contributed by atoms with Crippen molar-refractivity contribution in [3.05, 3.63) is 0 Å². The summed E-state index contributed by atoms with van der Waals surface area (Å²) in [6, 6.07) is 0. The van der Waals surface area contributed by atoms with Crippen molar-refractivity contribution in [2.45, 2.75) is 94.8 Å². The van der Waals surface area contributed by atoms with E-state index in [1.165, 1.54) is 6.92 Å². The second-order valence-corrected chi connectivity index (χ2v) is 15.3. The quantitative estimate of drug-likeness (QED) is 0.408. The van der Waals surface area contributed by atoms with Crippen LogP contribution in [0.5, 0.6) is 0 Å². The first-order valence-electron chi connectivity index (χ1n) is 9.17. The number of hydrogen-bond donors (Lipinski definition) is 0. The highest BCUT2D eigenvalue weighted by Gasteiger charge is 2.69. The average molecular weight is 403 g/mol. The standard InChI is InChI=1S/C18H30O6SSi/c1-10(19)8-12(20)22-14-13-11-9-25-16(21-11)15(14)24-26(23-13,17(2,3)4)18(5,6)7/h11,13-16H,8-9H2,1-7H3/t11-,13-,14+,15-,16+/m1/s1. The van der Waals surface area contributed by atoms with Gasteiger partial charge in [-0.2, -0.15) is 0 Å². The number of Topliss-reactive ketones (excluding diaryl/α,β-unsaturated/α-hetero) is 1. The number of ether oxygens (including phenoxy) is 2. The lowest BCUT2D eigenvalue weighted by Gasteiger charge is -2.59. The Labute approximate surface area is 160 Å². The monoisotopic (exact) mass is 402 g/mol. The topological polar surface area (TPSA) is 71.1 Å². The normalized spacial score (nSPS) is 35.9. The Morgan fingerprint density at radius 3 is 2.19 bits per heavy atom. The molecule has 3 aliphatic rings. The molecule has 0 aliphatic carbocycles. The molecule has 3 rings (SSSR count). The first-order valence-corrected chi connectivity index (χ1v) is 12.0. The van der Waals surface area contributed by atoms with Gasteiger partial charge in [0.1, 0.15) is 29.8 Å². The maximum atomic E-state index is 12.2. The van der Waals surface area contributed by atoms with Crippen molar-refractivity contribution in [1.29, 1.82) is 0 Å². The summed E-state index contributed by atoms with van der Waals surface area (Å²) in [4.78, 5) is 23.4. The smallest absolute Gasteiger partial charge is 0.350 e. The summed E-state index contributed by atoms with van der Waals surface area (Å²) in [7, 11) is -2.70. The summed E-state index contributed by atoms with van der Waals surface area (Å²) in [5.41, 5.74) is -0.160. The fourth-order valence-electron chi connectivity index (χ4n) is 4.38. The van der Waals surface area contributed by atoms with Gasteiger partial charge in [-0.1, -0.05) is 41.5 Å². The molecule has 4 bridgehead atoms. The molecule has 0 saturated carbocycles. The number of fused-ring (bicyclic) bond motifs is 6. The average Bonchev–Trinajstić information content (AvgIpc) is 2.89. The predicted molar refractivity (Wildman–Crippen MR) is 101 cm³/mol. The van der Waals surface area contributed by atoms with E-state index < -0.39 is 20.6 Å². The van der Waals surface area contributed by atoms with E-state index >= 15 is 0 Å². The lowest BCUT2D eigenvalue weighted by molar-refractivity contribution is -0.230. The van der Waals surface area contributed by atoms with Gasteiger partial charge in [0.2, 0.25) is 0 Å². The molecule has 148 valence electrons. The maximum absolute atomic E-state index is 12.2. The van der Waals surface area contributed by atoms with Crippen LogP contribution in [0.4, 0.5) is 0 Å². The largest absolute Gasteiger partial charge is 0.456 e. The van der Waals surface area contributed by atoms with E-state index in [9.17, 15) is 9.59 Å². The molecule has 6 nitrogen and oxygen atoms in total. The summed E-state index contributed by atoms with van der Waals surface area (Å²) in [5, 5.41) is -0.310. The molecule has 0 N–H and O–H groups in total. The summed E-state index contributed by atoms with van der Waals surface area (Å²) >= 11 is 1.69. The molecule has 0 aromatic heterocycles. The Bertz CT molecular complexity index is 559. The first-order chi connectivity index (χ1) is 11.9. The number of hydrogen-bond acceptors (Lipinski definition) is 7. The third-order valence-corrected chi connectivity index (χ3v) is 11.6. The molecule has 0 amide bonds. The van der Waals surface area contributed by atoms with Gasteiger partial charge < -0.3 is 18.3 Å². The number of thioether (sulfide) groups is 1. The molecule has 3 heterocycles. The first kappa shape index (κ1) is 20.3. The van der Waals surface area contributed by atoms with Crippen LogP contribution in [0.25, 0.3) is 0 Å². The fraction of sp³-hybridized carbons (Fsp3) is 0.889. The van der Waals surface area contributed by atoms with E-state index in [0.29, 0.717) is 0 Å². The minimum atomic E-state index is -2.70. The van der Waals surface area contributed by atoms with Gasteiger partial charge in [-0.25, -0.2) is 0 Å². The zero-order chi connectivity index (χ0) is 19.5. The van der Waals surface area contributed by atoms with Crippen LogP contribution >= 0.6 is 11.8 Å². The van der Waals surface area contributed by atoms with Crippen molar-refractivity contribution in [3.8, 4) is 0 Å². The predicted octanol–water partition coefficient (Wildman–Crippen LogP) is 3.18. The van der Waals surface area contributed by atoms with E-state index in [1.807, 2.05) is 0 Å². The van der Waals surface area contributed by atoms with Crippen LogP contribution in [0.1, 0.15) is 54.9 Å². The van der Waals surface area contributed by atoms with E-state index in [2.05, 4.69) is 41.5 Å². The molecular formula is C18H30O6SSi. The van der Waals surface area contributed by atoms with E-state index in [4.69, 9.17) is 18.3 Å². The van der Waals surface area contributed by atoms with Gasteiger partial charge in [0.15, 0.2) is 6.10 Å². The Morgan fingerprint density at radius 2 is 1.65 bits per heavy atom. The van der Waals surface area contributed by atoms with Crippen molar-refractivity contribution in [1.82, 2.24) is 0 Å². The second-order valence-electron chi connectivity index (χ2n) is 9.49. The van der Waals surface area contributed by atoms with E-state index in [-0.39, 0.29) is 46.0 Å². The lowest BCUT2D eigenvalue weighted by Crippen LogP contribution is -2.73. The Hall–Kier alpha value is -0.413. The summed E-state index contributed by atoms with van der Waals surface area (Å²) in [5.74, 6) is 0.0746. The SMILES string of the molecule is CC(=O)CC(=O)O[C@@H]1[C@H]2O[Si](C(C)(C)C)(C(C)(C)C)O[C@@H]1[C@H]1CS[C@@H]2O1. The van der Waals surface area contributed by atoms with Gasteiger partial charge in [-0.05, 0) is 6.92 Å². The van der Waals surface area contributed by atoms with Crippen LogP contribution in [0, 0.1) is 0 Å². The zero-order valence-electron chi connectivity index (χ0n) is 16.7. The Morgan fingerprint density at radius 1 is 1.08 bits per heavy atom. The number of ketones is 1. The minimum absolute atomic E-state index is 0.114. The molecule has 8 heteroatoms. The zero-order valence-corrected chi connectivity index (χ0v) is 18.5. The molecule has 0 aromatic carbocycles. The van der Waals surface area contributed by atoms with Crippen molar-refractivity contribution in [3.63, 3.8) is 0 Å². The molecule has 3 aliphatic heterocycles. The molecular weight excluding hydrogens is 372 g/mol. The molecule has 3 fully saturated rings. The summed E-state index contributed by atoms with van der Waals surface area (Å²) in [6.07, 6.45) is -1.57. The van der Waals surface area contributed by atoms with E-state index in [0.717, 1.165) is 5.75 Å². The van der Waals surface area contributed by atoms with Crippen LogP contribution in [-0.2, 0) is 27.9 Å². The molecule has 0 aromatic rings. The van der Waals surface area contributed by atoms with Crippen LogP contribution < -0.4 is 0 Å². The van der Waals surface area contributed by atoms with Gasteiger partial charge in [0, 0.05) is 15.8 Å². The van der Waals surface area contributed by atoms with E-state index in [1.54, 1.807) is 11.8 Å². The maximum Gasteiger partial charge on any atom is 0.350 e. The van der Waals surface area contributed by atoms with Crippen molar-refractivity contribution in [2.75, 3.05) is 5.75 Å². The molecule has 0 spiro atoms. The van der Waals surface area contributed by atoms with Gasteiger partial charge in [-0.15, -0.1) is 11.8 Å². The Kier molecular flexibility index (Phi) is 5.15.